The fraction of sp³-hybridized carbons (Fsp3) is 0.250. The molecule has 0 N–H and O–H groups in total. The van der Waals surface area contributed by atoms with Gasteiger partial charge < -0.3 is 86.1 Å². The molecule has 0 radical (unpaired) electrons. The molecule has 13 aromatic rings. The normalized spacial score (nSPS) is 8.90. The number of hydrogen-bond donors (Lipinski definition) is 0. The van der Waals surface area contributed by atoms with Gasteiger partial charge in [-0.2, -0.15) is 0 Å². The van der Waals surface area contributed by atoms with Crippen LogP contribution >= 0.6 is 0 Å². The van der Waals surface area contributed by atoms with E-state index in [-0.39, 0.29) is 201 Å². The van der Waals surface area contributed by atoms with Gasteiger partial charge in [-0.05, 0) is 182 Å². The quantitative estimate of drug-likeness (QED) is 0.214. The monoisotopic (exact) mass is 2260 g/mol. The Morgan fingerprint density at radius 2 is 0.266 bits per heavy atom. The van der Waals surface area contributed by atoms with E-state index in [1.165, 1.54) is 177 Å². The zero-order valence-corrected chi connectivity index (χ0v) is 89.6. The minimum absolute atomic E-state index is 0. The minimum atomic E-state index is -0.687. The zero-order valence-electron chi connectivity index (χ0n) is 73.6. The molecule has 0 aliphatic rings. The molecule has 0 aliphatic heterocycles. The van der Waals surface area contributed by atoms with Crippen molar-refractivity contribution in [1.29, 1.82) is 0 Å². The first-order chi connectivity index (χ1) is 54.0. The fourth-order valence-electron chi connectivity index (χ4n) is 8.35. The number of aryl methyl sites for hydroxylation is 6. The predicted molar refractivity (Wildman–Crippen MR) is 437 cm³/mol. The molecule has 13 rings (SSSR count). The Hall–Kier alpha value is -6.64. The van der Waals surface area contributed by atoms with Crippen LogP contribution in [-0.2, 0) is 117 Å². The van der Waals surface area contributed by atoms with Crippen LogP contribution in [0.1, 0.15) is 185 Å². The van der Waals surface area contributed by atoms with E-state index in [4.69, 9.17) is 0 Å². The molecule has 0 aliphatic carbocycles. The first kappa shape index (κ1) is 138. The van der Waals surface area contributed by atoms with E-state index >= 15 is 0 Å². The van der Waals surface area contributed by atoms with Crippen molar-refractivity contribution in [3.63, 3.8) is 0 Å². The molecule has 6 heterocycles. The Labute approximate surface area is 870 Å². The van der Waals surface area contributed by atoms with Crippen molar-refractivity contribution in [2.24, 2.45) is 0 Å². The predicted octanol–water partition coefficient (Wildman–Crippen LogP) is 3.77. The van der Waals surface area contributed by atoms with Crippen LogP contribution in [0.4, 0.5) is 0 Å². The molecular formula is C96H108Cl2N6Na2O12Ru6. The maximum absolute atomic E-state index is 10.2. The smallest absolute Gasteiger partial charge is 1.00 e. The third kappa shape index (κ3) is 67.6. The van der Waals surface area contributed by atoms with Crippen LogP contribution < -0.4 is 145 Å². The van der Waals surface area contributed by atoms with Crippen molar-refractivity contribution in [1.82, 2.24) is 29.9 Å². The summed E-state index contributed by atoms with van der Waals surface area (Å²) in [6.07, 6.45) is 7.77. The molecule has 0 amide bonds. The summed E-state index contributed by atoms with van der Waals surface area (Å²) in [4.78, 5) is 19.3. The van der Waals surface area contributed by atoms with Gasteiger partial charge in [0.25, 0.3) is 0 Å². The summed E-state index contributed by atoms with van der Waals surface area (Å²) >= 11 is 0. The minimum Gasteiger partial charge on any atom is -1.00 e. The number of pyridine rings is 6. The van der Waals surface area contributed by atoms with Crippen molar-refractivity contribution in [3.05, 3.63) is 359 Å². The standard InChI is InChI=1S/6C10H14.C6H6.6C5H5NO2.2ClH.2Na.6Ru/c6*1-8(2)10-6-4-9(3)5-7-10;1-2-4-6-5-3-1;6*7-4-2-1-3-6-5(4)8;;;;;;;;;;/h6*4-8H,1-3H3;1-6H;6*1-3,7H,(H,6,8);2*1H;;;;;;;;/q;;;;;;;;;;;;;;;2*+1;6*+2/p-14. The Balaban J connectivity index is -0.000000141. The maximum atomic E-state index is 10.2. The largest absolute Gasteiger partial charge is 2.00 e. The molecule has 18 nitrogen and oxygen atoms in total. The van der Waals surface area contributed by atoms with E-state index < -0.39 is 69.8 Å². The van der Waals surface area contributed by atoms with Gasteiger partial charge in [0, 0.05) is 37.2 Å². The van der Waals surface area contributed by atoms with Gasteiger partial charge in [0.05, 0.1) is 0 Å². The number of aromatic nitrogens is 6. The summed E-state index contributed by atoms with van der Waals surface area (Å²) in [6, 6.07) is 80.0. The molecule has 0 fully saturated rings. The van der Waals surface area contributed by atoms with Crippen LogP contribution in [0.3, 0.4) is 0 Å². The Bertz CT molecular complexity index is 3780. The first-order valence-electron chi connectivity index (χ1n) is 37.2. The third-order valence-electron chi connectivity index (χ3n) is 15.5. The van der Waals surface area contributed by atoms with Gasteiger partial charge in [0.1, 0.15) is 0 Å². The summed E-state index contributed by atoms with van der Waals surface area (Å²) in [6.45, 7) is 39.2. The van der Waals surface area contributed by atoms with E-state index in [9.17, 15) is 61.3 Å². The van der Waals surface area contributed by atoms with E-state index in [0.29, 0.717) is 35.5 Å². The zero-order chi connectivity index (χ0) is 85.5. The molecule has 658 valence electrons. The van der Waals surface area contributed by atoms with E-state index in [1.54, 1.807) is 0 Å². The molecule has 7 aromatic carbocycles. The number of benzene rings is 7. The number of rotatable bonds is 6. The van der Waals surface area contributed by atoms with Crippen molar-refractivity contribution >= 4 is 0 Å². The third-order valence-corrected chi connectivity index (χ3v) is 15.5. The summed E-state index contributed by atoms with van der Waals surface area (Å²) in [5, 5.41) is 123. The molecule has 124 heavy (non-hydrogen) atoms. The van der Waals surface area contributed by atoms with Crippen LogP contribution in [0.25, 0.3) is 0 Å². The second kappa shape index (κ2) is 82.1. The molecule has 0 saturated heterocycles. The fourth-order valence-corrected chi connectivity index (χ4v) is 8.35. The topological polar surface area (TPSA) is 354 Å². The maximum Gasteiger partial charge on any atom is 2.00 e. The first-order valence-corrected chi connectivity index (χ1v) is 37.2. The number of hydrogen-bond acceptors (Lipinski definition) is 18. The summed E-state index contributed by atoms with van der Waals surface area (Å²) < 4.78 is 0. The molecule has 28 heteroatoms. The second-order valence-corrected chi connectivity index (χ2v) is 27.4. The molecular weight excluding hydrogens is 2150 g/mol. The summed E-state index contributed by atoms with van der Waals surface area (Å²) in [5.41, 5.74) is 16.6. The SMILES string of the molecule is Cc1ccc(C(C)C)cc1.Cc1ccc(C(C)C)cc1.Cc1ccc(C(C)C)cc1.Cc1ccc(C(C)C)cc1.Cc1ccc(C(C)C)cc1.Cc1ccc(C(C)C)cc1.[Cl-].[Cl-].[Na+].[Na+].[O-]c1cccnc1[O-].[O-]c1cccnc1[O-].[O-]c1cccnc1[O-].[O-]c1cccnc1[O-].[O-]c1cccnc1[O-].[O-]c1cccnc1[O-].[Ru+2].[Ru+2].[Ru+2].[Ru+2].[Ru+2].[Ru+2].c1ccccc1. The number of halogens is 2. The van der Waals surface area contributed by atoms with Crippen molar-refractivity contribution in [2.75, 3.05) is 0 Å². The Morgan fingerprint density at radius 3 is 0.331 bits per heavy atom. The van der Waals surface area contributed by atoms with Gasteiger partial charge in [0.2, 0.25) is 0 Å². The van der Waals surface area contributed by atoms with E-state index in [2.05, 4.69) is 300 Å². The van der Waals surface area contributed by atoms with Crippen LogP contribution in [0.5, 0.6) is 69.8 Å². The Kier molecular flexibility index (Phi) is 91.2. The van der Waals surface area contributed by atoms with Crippen molar-refractivity contribution in [2.45, 2.75) is 160 Å². The van der Waals surface area contributed by atoms with E-state index in [1.807, 2.05) is 36.4 Å². The molecule has 0 unspecified atom stereocenters. The van der Waals surface area contributed by atoms with Gasteiger partial charge in [-0.15, -0.1) is 0 Å². The van der Waals surface area contributed by atoms with Crippen molar-refractivity contribution < 1.29 is 262 Å². The molecule has 0 spiro atoms. The molecule has 6 aromatic heterocycles. The van der Waals surface area contributed by atoms with Gasteiger partial charge in [-0.25, -0.2) is 0 Å². The van der Waals surface area contributed by atoms with Crippen LogP contribution in [-0.4, -0.2) is 29.9 Å². The van der Waals surface area contributed by atoms with Crippen LogP contribution in [0.15, 0.2) is 292 Å². The van der Waals surface area contributed by atoms with Crippen LogP contribution in [0.2, 0.25) is 0 Å². The molecule has 0 saturated carbocycles. The molecule has 0 atom stereocenters. The van der Waals surface area contributed by atoms with Crippen LogP contribution in [0, 0.1) is 41.5 Å². The van der Waals surface area contributed by atoms with Gasteiger partial charge in [-0.3, -0.25) is 29.9 Å². The average Bonchev–Trinajstić information content (AvgIpc) is 0.914. The van der Waals surface area contributed by atoms with Gasteiger partial charge in [-0.1, -0.05) is 369 Å². The summed E-state index contributed by atoms with van der Waals surface area (Å²) in [5.74, 6) is -3.50. The molecule has 0 bridgehead atoms. The second-order valence-electron chi connectivity index (χ2n) is 27.4. The van der Waals surface area contributed by atoms with Crippen molar-refractivity contribution in [3.8, 4) is 69.8 Å². The number of nitrogens with zero attached hydrogens (tertiary/aromatic N) is 6. The summed E-state index contributed by atoms with van der Waals surface area (Å²) in [7, 11) is 0. The Morgan fingerprint density at radius 1 is 0.169 bits per heavy atom. The van der Waals surface area contributed by atoms with Gasteiger partial charge in [0.15, 0.2) is 0 Å². The van der Waals surface area contributed by atoms with E-state index in [0.717, 1.165) is 0 Å². The van der Waals surface area contributed by atoms with Gasteiger partial charge >= 0.3 is 176 Å². The average molecular weight is 2260 g/mol.